The van der Waals surface area contributed by atoms with Crippen molar-refractivity contribution in [1.29, 1.82) is 5.26 Å². The van der Waals surface area contributed by atoms with Gasteiger partial charge in [-0.2, -0.15) is 5.26 Å². The molecule has 0 radical (unpaired) electrons. The number of carbonyl (C=O) groups excluding carboxylic acids is 1. The number of amides is 1. The minimum Gasteiger partial charge on any atom is -0.457 e. The molecule has 4 aliphatic heterocycles. The number of fused-ring (bicyclic) bond motifs is 2. The van der Waals surface area contributed by atoms with E-state index in [9.17, 15) is 10.1 Å². The Labute approximate surface area is 282 Å². The molecule has 2 aromatic carbocycles. The standard InChI is InChI=1S/C36H44ClN7O3/c1-4-32(45)44-18-17-43(20-27(44)13-15-38)34-36(2)14-16-42(29-10-6-8-24-7-5-9-28(37)33(24)29)21-31(36)39-35(40-34)47-30-23-46-22-25(30)19-41(3)26-11-12-26/h4-10,25-27,30,34H,1,11-14,16-23H2,2-3H3/t25-,27?,30-,34?,36?/m1/s1. The summed E-state index contributed by atoms with van der Waals surface area (Å²) < 4.78 is 12.6. The highest BCUT2D eigenvalue weighted by Crippen LogP contribution is 2.43. The van der Waals surface area contributed by atoms with Crippen LogP contribution < -0.4 is 4.90 Å². The summed E-state index contributed by atoms with van der Waals surface area (Å²) in [5.74, 6) is 0.101. The summed E-state index contributed by atoms with van der Waals surface area (Å²) in [4.78, 5) is 32.0. The van der Waals surface area contributed by atoms with E-state index in [1.54, 1.807) is 4.90 Å². The Hall–Kier alpha value is -3.49. The number of nitrogens with zero attached hydrogens (tertiary/aromatic N) is 7. The van der Waals surface area contributed by atoms with Crippen LogP contribution in [-0.2, 0) is 14.3 Å². The number of aliphatic imine (C=N–C) groups is 2. The van der Waals surface area contributed by atoms with Gasteiger partial charge in [-0.15, -0.1) is 0 Å². The maximum atomic E-state index is 12.7. The molecule has 0 spiro atoms. The van der Waals surface area contributed by atoms with Crippen molar-refractivity contribution in [2.75, 3.05) is 64.4 Å². The lowest BCUT2D eigenvalue weighted by atomic mass is 9.74. The summed E-state index contributed by atoms with van der Waals surface area (Å²) in [5.41, 5.74) is 1.75. The highest BCUT2D eigenvalue weighted by atomic mass is 35.5. The first-order valence-electron chi connectivity index (χ1n) is 16.9. The van der Waals surface area contributed by atoms with E-state index in [1.165, 1.54) is 18.9 Å². The molecule has 1 saturated carbocycles. The molecule has 10 nitrogen and oxygen atoms in total. The van der Waals surface area contributed by atoms with Gasteiger partial charge >= 0.3 is 6.02 Å². The van der Waals surface area contributed by atoms with Crippen molar-refractivity contribution in [3.8, 4) is 6.07 Å². The molecule has 2 aromatic rings. The van der Waals surface area contributed by atoms with Gasteiger partial charge in [-0.1, -0.05) is 49.4 Å². The Morgan fingerprint density at radius 3 is 2.81 bits per heavy atom. The average Bonchev–Trinajstić information content (AvgIpc) is 3.85. The first-order chi connectivity index (χ1) is 22.8. The van der Waals surface area contributed by atoms with Gasteiger partial charge in [0.1, 0.15) is 12.3 Å². The largest absolute Gasteiger partial charge is 0.457 e. The van der Waals surface area contributed by atoms with Crippen LogP contribution in [0.1, 0.15) is 32.6 Å². The van der Waals surface area contributed by atoms with Gasteiger partial charge in [0, 0.05) is 61.2 Å². The minimum atomic E-state index is -0.364. The molecule has 11 heteroatoms. The number of rotatable bonds is 8. The lowest BCUT2D eigenvalue weighted by molar-refractivity contribution is -0.131. The van der Waals surface area contributed by atoms with Crippen molar-refractivity contribution in [3.05, 3.63) is 54.1 Å². The fourth-order valence-electron chi connectivity index (χ4n) is 7.91. The van der Waals surface area contributed by atoms with E-state index in [1.807, 2.05) is 12.1 Å². The summed E-state index contributed by atoms with van der Waals surface area (Å²) in [5, 5.41) is 12.5. The molecule has 0 bridgehead atoms. The quantitative estimate of drug-likeness (QED) is 0.384. The molecule has 0 aromatic heterocycles. The molecule has 47 heavy (non-hydrogen) atoms. The summed E-state index contributed by atoms with van der Waals surface area (Å²) in [6, 6.07) is 15.5. The van der Waals surface area contributed by atoms with Crippen LogP contribution in [0.3, 0.4) is 0 Å². The molecule has 5 aliphatic rings. The first kappa shape index (κ1) is 32.1. The summed E-state index contributed by atoms with van der Waals surface area (Å²) in [6.45, 7) is 11.2. The topological polar surface area (TPSA) is 97.0 Å². The van der Waals surface area contributed by atoms with Crippen molar-refractivity contribution in [2.45, 2.75) is 57.0 Å². The molecule has 7 rings (SSSR count). The molecular formula is C36H44ClN7O3. The van der Waals surface area contributed by atoms with Gasteiger partial charge in [0.25, 0.3) is 0 Å². The Morgan fingerprint density at radius 2 is 2.04 bits per heavy atom. The highest BCUT2D eigenvalue weighted by molar-refractivity contribution is 6.36. The molecular weight excluding hydrogens is 614 g/mol. The molecule has 4 heterocycles. The van der Waals surface area contributed by atoms with Crippen molar-refractivity contribution in [1.82, 2.24) is 14.7 Å². The zero-order chi connectivity index (χ0) is 32.7. The van der Waals surface area contributed by atoms with E-state index >= 15 is 0 Å². The van der Waals surface area contributed by atoms with Crippen LogP contribution >= 0.6 is 11.6 Å². The zero-order valence-corrected chi connectivity index (χ0v) is 28.1. The zero-order valence-electron chi connectivity index (χ0n) is 27.4. The minimum absolute atomic E-state index is 0.130. The van der Waals surface area contributed by atoms with Gasteiger partial charge in [0.05, 0.1) is 49.0 Å². The van der Waals surface area contributed by atoms with E-state index in [4.69, 9.17) is 31.1 Å². The van der Waals surface area contributed by atoms with Crippen molar-refractivity contribution in [3.63, 3.8) is 0 Å². The second kappa shape index (κ2) is 13.2. The maximum Gasteiger partial charge on any atom is 0.313 e. The van der Waals surface area contributed by atoms with Crippen LogP contribution in [0.25, 0.3) is 10.8 Å². The Morgan fingerprint density at radius 1 is 1.23 bits per heavy atom. The average molecular weight is 658 g/mol. The maximum absolute atomic E-state index is 12.7. The van der Waals surface area contributed by atoms with Gasteiger partial charge < -0.3 is 24.2 Å². The second-order valence-electron chi connectivity index (χ2n) is 13.9. The van der Waals surface area contributed by atoms with Crippen LogP contribution in [0.2, 0.25) is 5.02 Å². The number of piperidine rings is 1. The second-order valence-corrected chi connectivity index (χ2v) is 14.3. The molecule has 0 N–H and O–H groups in total. The van der Waals surface area contributed by atoms with Crippen LogP contribution in [0, 0.1) is 22.7 Å². The number of carbonyl (C=O) groups is 1. The lowest BCUT2D eigenvalue weighted by Crippen LogP contribution is -2.64. The van der Waals surface area contributed by atoms with Crippen LogP contribution in [0.4, 0.5) is 5.69 Å². The number of amidine groups is 1. The molecule has 3 unspecified atom stereocenters. The van der Waals surface area contributed by atoms with E-state index in [0.29, 0.717) is 51.5 Å². The van der Waals surface area contributed by atoms with Crippen molar-refractivity contribution >= 4 is 45.7 Å². The highest BCUT2D eigenvalue weighted by Gasteiger charge is 2.50. The van der Waals surface area contributed by atoms with E-state index in [-0.39, 0.29) is 42.0 Å². The number of hydrogen-bond acceptors (Lipinski definition) is 9. The molecule has 4 fully saturated rings. The predicted octanol–water partition coefficient (Wildman–Crippen LogP) is 4.58. The van der Waals surface area contributed by atoms with E-state index in [2.05, 4.69) is 65.6 Å². The van der Waals surface area contributed by atoms with Gasteiger partial charge in [0.2, 0.25) is 5.91 Å². The number of halogens is 1. The van der Waals surface area contributed by atoms with E-state index < -0.39 is 0 Å². The molecule has 248 valence electrons. The SMILES string of the molecule is C=CC(=O)N1CCN(C2N=C(O[C@@H]3COC[C@H]3CN(C)C3CC3)N=C3CN(c4cccc5cccc(Cl)c45)CCC32C)CC1CC#N. The van der Waals surface area contributed by atoms with Crippen LogP contribution in [0.5, 0.6) is 0 Å². The number of benzene rings is 2. The van der Waals surface area contributed by atoms with Crippen molar-refractivity contribution in [2.24, 2.45) is 21.3 Å². The number of piperazine rings is 1. The fraction of sp³-hybridized carbons (Fsp3) is 0.556. The number of ether oxygens (including phenoxy) is 2. The Balaban J connectivity index is 1.20. The van der Waals surface area contributed by atoms with Gasteiger partial charge in [0.15, 0.2) is 0 Å². The van der Waals surface area contributed by atoms with Crippen LogP contribution in [-0.4, -0.2) is 116 Å². The fourth-order valence-corrected chi connectivity index (χ4v) is 8.19. The normalized spacial score (nSPS) is 29.7. The number of nitriles is 1. The number of hydrogen-bond donors (Lipinski definition) is 0. The van der Waals surface area contributed by atoms with Gasteiger partial charge in [-0.25, -0.2) is 9.98 Å². The summed E-state index contributed by atoms with van der Waals surface area (Å²) >= 11 is 6.77. The monoisotopic (exact) mass is 657 g/mol. The number of anilines is 1. The third kappa shape index (κ3) is 6.27. The third-order valence-corrected chi connectivity index (χ3v) is 11.2. The molecule has 1 aliphatic carbocycles. The van der Waals surface area contributed by atoms with Gasteiger partial charge in [-0.3, -0.25) is 9.69 Å². The Bertz CT molecular complexity index is 1630. The Kier molecular flexibility index (Phi) is 9.00. The van der Waals surface area contributed by atoms with Crippen molar-refractivity contribution < 1.29 is 14.3 Å². The summed E-state index contributed by atoms with van der Waals surface area (Å²) in [6.07, 6.45) is 4.55. The molecule has 5 atom stereocenters. The smallest absolute Gasteiger partial charge is 0.313 e. The third-order valence-electron chi connectivity index (χ3n) is 10.8. The summed E-state index contributed by atoms with van der Waals surface area (Å²) in [7, 11) is 2.19. The van der Waals surface area contributed by atoms with E-state index in [0.717, 1.165) is 46.7 Å². The molecule has 3 saturated heterocycles. The van der Waals surface area contributed by atoms with Crippen LogP contribution in [0.15, 0.2) is 59.0 Å². The van der Waals surface area contributed by atoms with Gasteiger partial charge in [-0.05, 0) is 49.9 Å². The predicted molar refractivity (Wildman–Crippen MR) is 185 cm³/mol. The first-order valence-corrected chi connectivity index (χ1v) is 17.2. The lowest BCUT2D eigenvalue weighted by Gasteiger charge is -2.51. The molecule has 1 amide bonds.